The second-order valence-electron chi connectivity index (χ2n) is 2.93. The van der Waals surface area contributed by atoms with E-state index in [1.54, 1.807) is 0 Å². The van der Waals surface area contributed by atoms with E-state index in [1.807, 2.05) is 19.1 Å². The predicted molar refractivity (Wildman–Crippen MR) is 51.1 cm³/mol. The molecule has 0 aromatic carbocycles. The Morgan fingerprint density at radius 1 is 1.50 bits per heavy atom. The van der Waals surface area contributed by atoms with Crippen molar-refractivity contribution in [3.8, 4) is 5.88 Å². The number of fused-ring (bicyclic) bond motifs is 1. The molecule has 0 aliphatic heterocycles. The van der Waals surface area contributed by atoms with Crippen molar-refractivity contribution in [2.45, 2.75) is 6.92 Å². The molecule has 2 heterocycles. The molecule has 0 radical (unpaired) electrons. The highest BCUT2D eigenvalue weighted by atomic mass is 16.5. The molecule has 0 aliphatic carbocycles. The van der Waals surface area contributed by atoms with Crippen LogP contribution in [0.15, 0.2) is 16.7 Å². The number of rotatable bonds is 3. The maximum Gasteiger partial charge on any atom is 0.263 e. The molecule has 5 heteroatoms. The van der Waals surface area contributed by atoms with Gasteiger partial charge in [-0.2, -0.15) is 0 Å². The largest absolute Gasteiger partial charge is 0.474 e. The number of nitrogens with zero attached hydrogens (tertiary/aromatic N) is 2. The van der Waals surface area contributed by atoms with Gasteiger partial charge < -0.3 is 15.0 Å². The van der Waals surface area contributed by atoms with Crippen molar-refractivity contribution in [2.24, 2.45) is 5.73 Å². The molecule has 14 heavy (non-hydrogen) atoms. The molecule has 2 N–H and O–H groups in total. The van der Waals surface area contributed by atoms with Gasteiger partial charge in [0.25, 0.3) is 11.6 Å². The summed E-state index contributed by atoms with van der Waals surface area (Å²) in [5.41, 5.74) is 6.70. The Kier molecular flexibility index (Phi) is 2.32. The van der Waals surface area contributed by atoms with Crippen molar-refractivity contribution in [1.82, 2.24) is 10.1 Å². The van der Waals surface area contributed by atoms with Gasteiger partial charge in [0.15, 0.2) is 0 Å². The lowest BCUT2D eigenvalue weighted by molar-refractivity contribution is 0.292. The van der Waals surface area contributed by atoms with E-state index < -0.39 is 0 Å². The first-order valence-electron chi connectivity index (χ1n) is 4.37. The van der Waals surface area contributed by atoms with Gasteiger partial charge in [-0.1, -0.05) is 0 Å². The van der Waals surface area contributed by atoms with Crippen molar-refractivity contribution < 1.29 is 9.26 Å². The molecule has 2 rings (SSSR count). The van der Waals surface area contributed by atoms with Crippen LogP contribution in [0.3, 0.4) is 0 Å². The third-order valence-corrected chi connectivity index (χ3v) is 1.80. The zero-order valence-electron chi connectivity index (χ0n) is 7.86. The average molecular weight is 193 g/mol. The fourth-order valence-corrected chi connectivity index (χ4v) is 1.16. The summed E-state index contributed by atoms with van der Waals surface area (Å²) in [4.78, 5) is 4.16. The topological polar surface area (TPSA) is 74.2 Å². The monoisotopic (exact) mass is 193 g/mol. The number of aromatic nitrogens is 2. The quantitative estimate of drug-likeness (QED) is 0.782. The standard InChI is InChI=1S/C9H11N3O2/c1-6-2-3-7-8(11-6)14-12-9(7)13-5-4-10/h2-3H,4-5,10H2,1H3. The smallest absolute Gasteiger partial charge is 0.263 e. The van der Waals surface area contributed by atoms with Crippen molar-refractivity contribution in [2.75, 3.05) is 13.2 Å². The van der Waals surface area contributed by atoms with Crippen LogP contribution in [-0.2, 0) is 0 Å². The van der Waals surface area contributed by atoms with E-state index in [0.717, 1.165) is 11.1 Å². The van der Waals surface area contributed by atoms with Gasteiger partial charge >= 0.3 is 0 Å². The second-order valence-corrected chi connectivity index (χ2v) is 2.93. The summed E-state index contributed by atoms with van der Waals surface area (Å²) < 4.78 is 10.3. The van der Waals surface area contributed by atoms with Gasteiger partial charge in [0.2, 0.25) is 0 Å². The van der Waals surface area contributed by atoms with Crippen LogP contribution < -0.4 is 10.5 Å². The molecule has 0 fully saturated rings. The minimum Gasteiger partial charge on any atom is -0.474 e. The summed E-state index contributed by atoms with van der Waals surface area (Å²) in [5, 5.41) is 4.54. The first-order chi connectivity index (χ1) is 6.81. The normalized spacial score (nSPS) is 10.7. The average Bonchev–Trinajstić information content (AvgIpc) is 2.57. The third kappa shape index (κ3) is 1.54. The van der Waals surface area contributed by atoms with Crippen LogP contribution in [0.25, 0.3) is 11.1 Å². The van der Waals surface area contributed by atoms with Crippen molar-refractivity contribution in [3.63, 3.8) is 0 Å². The molecule has 0 amide bonds. The van der Waals surface area contributed by atoms with Gasteiger partial charge in [0.05, 0.1) is 0 Å². The number of hydrogen-bond donors (Lipinski definition) is 1. The molecule has 0 unspecified atom stereocenters. The van der Waals surface area contributed by atoms with Gasteiger partial charge in [-0.15, -0.1) is 0 Å². The van der Waals surface area contributed by atoms with E-state index in [0.29, 0.717) is 24.7 Å². The molecule has 0 saturated heterocycles. The molecule has 74 valence electrons. The second kappa shape index (κ2) is 3.63. The minimum absolute atomic E-state index is 0.426. The van der Waals surface area contributed by atoms with Crippen LogP contribution in [0.5, 0.6) is 5.88 Å². The zero-order valence-corrected chi connectivity index (χ0v) is 7.86. The van der Waals surface area contributed by atoms with Crippen LogP contribution in [0.4, 0.5) is 0 Å². The van der Waals surface area contributed by atoms with Crippen LogP contribution in [0.2, 0.25) is 0 Å². The summed E-state index contributed by atoms with van der Waals surface area (Å²) in [5.74, 6) is 0.456. The Balaban J connectivity index is 2.37. The van der Waals surface area contributed by atoms with Gasteiger partial charge in [-0.25, -0.2) is 4.98 Å². The molecule has 2 aromatic heterocycles. The van der Waals surface area contributed by atoms with Gasteiger partial charge in [0.1, 0.15) is 12.0 Å². The summed E-state index contributed by atoms with van der Waals surface area (Å²) in [6.07, 6.45) is 0. The first-order valence-corrected chi connectivity index (χ1v) is 4.37. The Labute approximate surface area is 80.8 Å². The molecule has 0 bridgehead atoms. The first kappa shape index (κ1) is 8.96. The third-order valence-electron chi connectivity index (χ3n) is 1.80. The molecular weight excluding hydrogens is 182 g/mol. The van der Waals surface area contributed by atoms with Crippen molar-refractivity contribution in [3.05, 3.63) is 17.8 Å². The lowest BCUT2D eigenvalue weighted by Crippen LogP contribution is -2.10. The fraction of sp³-hybridized carbons (Fsp3) is 0.333. The molecular formula is C9H11N3O2. The van der Waals surface area contributed by atoms with Gasteiger partial charge in [0, 0.05) is 12.2 Å². The van der Waals surface area contributed by atoms with E-state index in [-0.39, 0.29) is 0 Å². The lowest BCUT2D eigenvalue weighted by atomic mass is 10.3. The van der Waals surface area contributed by atoms with E-state index in [1.165, 1.54) is 0 Å². The van der Waals surface area contributed by atoms with Crippen LogP contribution in [0.1, 0.15) is 5.69 Å². The number of aryl methyl sites for hydroxylation is 1. The predicted octanol–water partition coefficient (Wildman–Crippen LogP) is 0.869. The highest BCUT2D eigenvalue weighted by molar-refractivity contribution is 5.78. The van der Waals surface area contributed by atoms with E-state index in [2.05, 4.69) is 10.1 Å². The maximum atomic E-state index is 5.31. The maximum absolute atomic E-state index is 5.31. The molecule has 0 atom stereocenters. The van der Waals surface area contributed by atoms with Crippen molar-refractivity contribution >= 4 is 11.1 Å². The Hall–Kier alpha value is -1.62. The molecule has 5 nitrogen and oxygen atoms in total. The van der Waals surface area contributed by atoms with Crippen LogP contribution >= 0.6 is 0 Å². The minimum atomic E-state index is 0.426. The highest BCUT2D eigenvalue weighted by Gasteiger charge is 2.09. The number of hydrogen-bond acceptors (Lipinski definition) is 5. The Bertz CT molecular complexity index is 439. The number of pyridine rings is 1. The molecule has 0 aliphatic rings. The van der Waals surface area contributed by atoms with Crippen LogP contribution in [0, 0.1) is 6.92 Å². The van der Waals surface area contributed by atoms with Gasteiger partial charge in [-0.05, 0) is 24.2 Å². The Morgan fingerprint density at radius 3 is 3.14 bits per heavy atom. The summed E-state index contributed by atoms with van der Waals surface area (Å²) in [6, 6.07) is 3.76. The van der Waals surface area contributed by atoms with Crippen molar-refractivity contribution in [1.29, 1.82) is 0 Å². The Morgan fingerprint density at radius 2 is 2.36 bits per heavy atom. The SMILES string of the molecule is Cc1ccc2c(OCCN)noc2n1. The molecule has 0 spiro atoms. The van der Waals surface area contributed by atoms with E-state index in [4.69, 9.17) is 15.0 Å². The summed E-state index contributed by atoms with van der Waals surface area (Å²) >= 11 is 0. The van der Waals surface area contributed by atoms with Gasteiger partial charge in [-0.3, -0.25) is 0 Å². The lowest BCUT2D eigenvalue weighted by Gasteiger charge is -1.98. The zero-order chi connectivity index (χ0) is 9.97. The molecule has 2 aromatic rings. The van der Waals surface area contributed by atoms with Crippen LogP contribution in [-0.4, -0.2) is 23.3 Å². The number of ether oxygens (including phenoxy) is 1. The summed E-state index contributed by atoms with van der Waals surface area (Å²) in [7, 11) is 0. The molecule has 0 saturated carbocycles. The van der Waals surface area contributed by atoms with E-state index >= 15 is 0 Å². The highest BCUT2D eigenvalue weighted by Crippen LogP contribution is 2.22. The van der Waals surface area contributed by atoms with E-state index in [9.17, 15) is 0 Å². The number of nitrogens with two attached hydrogens (primary N) is 1. The summed E-state index contributed by atoms with van der Waals surface area (Å²) in [6.45, 7) is 2.77. The fourth-order valence-electron chi connectivity index (χ4n) is 1.16.